The molecule has 0 aromatic heterocycles. The van der Waals surface area contributed by atoms with Crippen molar-refractivity contribution in [2.24, 2.45) is 0 Å². The molecule has 1 amide bonds. The fraction of sp³-hybridized carbons (Fsp3) is 0.519. The molecule has 8 heteroatoms. The number of carbonyl (C=O) groups excluding carboxylic acids is 1. The number of hydrogen-bond donors (Lipinski definition) is 0. The van der Waals surface area contributed by atoms with Crippen molar-refractivity contribution in [3.8, 4) is 16.9 Å². The van der Waals surface area contributed by atoms with Gasteiger partial charge in [-0.15, -0.1) is 13.2 Å². The largest absolute Gasteiger partial charge is 0.573 e. The molecule has 2 heterocycles. The van der Waals surface area contributed by atoms with Gasteiger partial charge in [0.15, 0.2) is 0 Å². The summed E-state index contributed by atoms with van der Waals surface area (Å²) in [5.41, 5.74) is 3.89. The lowest BCUT2D eigenvalue weighted by Gasteiger charge is -2.39. The number of alkyl halides is 3. The summed E-state index contributed by atoms with van der Waals surface area (Å²) in [4.78, 5) is 19.7. The van der Waals surface area contributed by atoms with Gasteiger partial charge in [0, 0.05) is 45.3 Å². The van der Waals surface area contributed by atoms with E-state index in [9.17, 15) is 18.0 Å². The SMILES string of the molecule is O=C(CN1CCc2cc(-c3cccc(OC(F)(F)F)c3)ccc2C1)N1CCN(C2CCCC2)CC1. The minimum atomic E-state index is -4.71. The summed E-state index contributed by atoms with van der Waals surface area (Å²) in [6, 6.07) is 12.8. The van der Waals surface area contributed by atoms with Crippen LogP contribution in [-0.2, 0) is 17.8 Å². The topological polar surface area (TPSA) is 36.0 Å². The number of halogens is 3. The summed E-state index contributed by atoms with van der Waals surface area (Å²) in [5.74, 6) is -0.0147. The molecule has 5 rings (SSSR count). The van der Waals surface area contributed by atoms with Gasteiger partial charge in [-0.05, 0) is 53.6 Å². The molecule has 1 saturated heterocycles. The molecule has 188 valence electrons. The molecule has 0 spiro atoms. The van der Waals surface area contributed by atoms with E-state index in [1.54, 1.807) is 12.1 Å². The zero-order chi connectivity index (χ0) is 24.4. The summed E-state index contributed by atoms with van der Waals surface area (Å²) in [5, 5.41) is 0. The van der Waals surface area contributed by atoms with Crippen LogP contribution < -0.4 is 4.74 Å². The molecule has 5 nitrogen and oxygen atoms in total. The van der Waals surface area contributed by atoms with Gasteiger partial charge in [0.05, 0.1) is 6.54 Å². The first kappa shape index (κ1) is 24.1. The van der Waals surface area contributed by atoms with Gasteiger partial charge in [-0.2, -0.15) is 0 Å². The number of amides is 1. The van der Waals surface area contributed by atoms with Crippen LogP contribution in [0.3, 0.4) is 0 Å². The average molecular weight is 488 g/mol. The quantitative estimate of drug-likeness (QED) is 0.613. The summed E-state index contributed by atoms with van der Waals surface area (Å²) in [6.45, 7) is 5.54. The van der Waals surface area contributed by atoms with E-state index in [4.69, 9.17) is 0 Å². The van der Waals surface area contributed by atoms with Crippen molar-refractivity contribution < 1.29 is 22.7 Å². The lowest BCUT2D eigenvalue weighted by atomic mass is 9.94. The third-order valence-electron chi connectivity index (χ3n) is 7.57. The molecule has 1 saturated carbocycles. The molecular formula is C27H32F3N3O2. The lowest BCUT2D eigenvalue weighted by Crippen LogP contribution is -2.53. The summed E-state index contributed by atoms with van der Waals surface area (Å²) in [7, 11) is 0. The van der Waals surface area contributed by atoms with E-state index in [2.05, 4.69) is 14.5 Å². The third kappa shape index (κ3) is 5.98. The molecule has 0 atom stereocenters. The third-order valence-corrected chi connectivity index (χ3v) is 7.57. The van der Waals surface area contributed by atoms with Gasteiger partial charge in [-0.25, -0.2) is 0 Å². The Kier molecular flexibility index (Phi) is 7.02. The number of nitrogens with zero attached hydrogens (tertiary/aromatic N) is 3. The van der Waals surface area contributed by atoms with E-state index in [1.165, 1.54) is 48.9 Å². The highest BCUT2D eigenvalue weighted by Crippen LogP contribution is 2.31. The fourth-order valence-electron chi connectivity index (χ4n) is 5.70. The number of benzene rings is 2. The molecule has 0 unspecified atom stereocenters. The predicted octanol–water partition coefficient (Wildman–Crippen LogP) is 4.70. The summed E-state index contributed by atoms with van der Waals surface area (Å²) >= 11 is 0. The van der Waals surface area contributed by atoms with Crippen LogP contribution in [0.4, 0.5) is 13.2 Å². The summed E-state index contributed by atoms with van der Waals surface area (Å²) < 4.78 is 41.8. The average Bonchev–Trinajstić information content (AvgIpc) is 3.38. The highest BCUT2D eigenvalue weighted by molar-refractivity contribution is 5.78. The van der Waals surface area contributed by atoms with Crippen molar-refractivity contribution in [2.75, 3.05) is 39.3 Å². The van der Waals surface area contributed by atoms with Crippen LogP contribution in [-0.4, -0.2) is 72.3 Å². The highest BCUT2D eigenvalue weighted by Gasteiger charge is 2.31. The number of ether oxygens (including phenoxy) is 1. The van der Waals surface area contributed by atoms with Crippen molar-refractivity contribution in [1.29, 1.82) is 0 Å². The van der Waals surface area contributed by atoms with E-state index in [-0.39, 0.29) is 11.7 Å². The Morgan fingerprint density at radius 1 is 0.914 bits per heavy atom. The molecule has 1 aliphatic carbocycles. The van der Waals surface area contributed by atoms with E-state index < -0.39 is 6.36 Å². The maximum atomic E-state index is 13.0. The van der Waals surface area contributed by atoms with Gasteiger partial charge in [-0.3, -0.25) is 14.6 Å². The van der Waals surface area contributed by atoms with Crippen molar-refractivity contribution in [3.63, 3.8) is 0 Å². The maximum Gasteiger partial charge on any atom is 0.573 e. The smallest absolute Gasteiger partial charge is 0.406 e. The molecule has 0 N–H and O–H groups in total. The van der Waals surface area contributed by atoms with Crippen LogP contribution in [0.5, 0.6) is 5.75 Å². The standard InChI is InChI=1S/C27H32F3N3O2/c28-27(29,30)35-25-7-3-4-20(17-25)21-8-9-23-18-31(11-10-22(23)16-21)19-26(34)33-14-12-32(13-15-33)24-5-1-2-6-24/h3-4,7-9,16-17,24H,1-2,5-6,10-15,18-19H2. The Hall–Kier alpha value is -2.58. The maximum absolute atomic E-state index is 13.0. The van der Waals surface area contributed by atoms with Gasteiger partial charge in [0.1, 0.15) is 5.75 Å². The van der Waals surface area contributed by atoms with Gasteiger partial charge in [0.2, 0.25) is 5.91 Å². The van der Waals surface area contributed by atoms with Crippen LogP contribution in [0.1, 0.15) is 36.8 Å². The first-order chi connectivity index (χ1) is 16.8. The predicted molar refractivity (Wildman–Crippen MR) is 128 cm³/mol. The molecule has 2 aromatic rings. The number of carbonyl (C=O) groups is 1. The van der Waals surface area contributed by atoms with E-state index in [1.807, 2.05) is 23.1 Å². The van der Waals surface area contributed by atoms with Gasteiger partial charge >= 0.3 is 6.36 Å². The van der Waals surface area contributed by atoms with Crippen LogP contribution in [0.15, 0.2) is 42.5 Å². The Bertz CT molecular complexity index is 1040. The second kappa shape index (κ2) is 10.2. The molecule has 35 heavy (non-hydrogen) atoms. The van der Waals surface area contributed by atoms with Crippen molar-refractivity contribution in [3.05, 3.63) is 53.6 Å². The van der Waals surface area contributed by atoms with E-state index in [0.29, 0.717) is 18.7 Å². The Labute approximate surface area is 204 Å². The Morgan fingerprint density at radius 2 is 1.66 bits per heavy atom. The molecular weight excluding hydrogens is 455 g/mol. The molecule has 2 fully saturated rings. The zero-order valence-corrected chi connectivity index (χ0v) is 19.9. The fourth-order valence-corrected chi connectivity index (χ4v) is 5.70. The zero-order valence-electron chi connectivity index (χ0n) is 19.9. The molecule has 0 radical (unpaired) electrons. The van der Waals surface area contributed by atoms with E-state index >= 15 is 0 Å². The highest BCUT2D eigenvalue weighted by atomic mass is 19.4. The van der Waals surface area contributed by atoms with Gasteiger partial charge < -0.3 is 9.64 Å². The minimum Gasteiger partial charge on any atom is -0.406 e. The van der Waals surface area contributed by atoms with Crippen LogP contribution in [0.2, 0.25) is 0 Å². The molecule has 2 aliphatic heterocycles. The van der Waals surface area contributed by atoms with Crippen LogP contribution in [0.25, 0.3) is 11.1 Å². The molecule has 3 aliphatic rings. The van der Waals surface area contributed by atoms with Crippen LogP contribution in [0, 0.1) is 0 Å². The Morgan fingerprint density at radius 3 is 2.40 bits per heavy atom. The van der Waals surface area contributed by atoms with Gasteiger partial charge in [0.25, 0.3) is 0 Å². The van der Waals surface area contributed by atoms with Crippen molar-refractivity contribution in [1.82, 2.24) is 14.7 Å². The van der Waals surface area contributed by atoms with Gasteiger partial charge in [-0.1, -0.05) is 43.2 Å². The first-order valence-electron chi connectivity index (χ1n) is 12.6. The molecule has 2 aromatic carbocycles. The van der Waals surface area contributed by atoms with Crippen molar-refractivity contribution in [2.45, 2.75) is 51.1 Å². The number of rotatable bonds is 5. The second-order valence-electron chi connectivity index (χ2n) is 9.87. The number of fused-ring (bicyclic) bond motifs is 1. The monoisotopic (exact) mass is 487 g/mol. The number of hydrogen-bond acceptors (Lipinski definition) is 4. The van der Waals surface area contributed by atoms with E-state index in [0.717, 1.165) is 50.7 Å². The normalized spacial score (nSPS) is 20.1. The minimum absolute atomic E-state index is 0.206. The summed E-state index contributed by atoms with van der Waals surface area (Å²) in [6.07, 6.45) is 1.37. The molecule has 0 bridgehead atoms. The van der Waals surface area contributed by atoms with Crippen LogP contribution >= 0.6 is 0 Å². The first-order valence-corrected chi connectivity index (χ1v) is 12.6. The number of piperazine rings is 1. The lowest BCUT2D eigenvalue weighted by molar-refractivity contribution is -0.274. The second-order valence-corrected chi connectivity index (χ2v) is 9.87. The Balaban J connectivity index is 1.17. The van der Waals surface area contributed by atoms with Crippen molar-refractivity contribution >= 4 is 5.91 Å².